The van der Waals surface area contributed by atoms with Gasteiger partial charge in [0.15, 0.2) is 0 Å². The summed E-state index contributed by atoms with van der Waals surface area (Å²) in [6, 6.07) is 6.68. The SMILES string of the molecule is CC(C)(C)OC(=O)C(N)(CN1C(=O)CCOc2ccccc21)C(=O)O. The van der Waals surface area contributed by atoms with Gasteiger partial charge in [-0.05, 0) is 32.9 Å². The summed E-state index contributed by atoms with van der Waals surface area (Å²) in [5, 5.41) is 9.54. The van der Waals surface area contributed by atoms with Gasteiger partial charge >= 0.3 is 11.9 Å². The van der Waals surface area contributed by atoms with Crippen LogP contribution in [-0.2, 0) is 19.1 Å². The third-order valence-electron chi connectivity index (χ3n) is 3.58. The Bertz CT molecular complexity index is 697. The number of carboxylic acids is 1. The number of aliphatic carboxylic acids is 1. The van der Waals surface area contributed by atoms with Gasteiger partial charge in [0.2, 0.25) is 11.4 Å². The number of nitrogens with two attached hydrogens (primary N) is 1. The molecule has 1 aliphatic rings. The molecule has 1 heterocycles. The van der Waals surface area contributed by atoms with Crippen LogP contribution in [0.5, 0.6) is 5.75 Å². The van der Waals surface area contributed by atoms with Gasteiger partial charge in [-0.15, -0.1) is 0 Å². The molecule has 0 radical (unpaired) electrons. The van der Waals surface area contributed by atoms with Gasteiger partial charge in [0.1, 0.15) is 11.4 Å². The number of para-hydroxylation sites is 2. The molecule has 136 valence electrons. The number of anilines is 1. The molecule has 0 aliphatic carbocycles. The summed E-state index contributed by atoms with van der Waals surface area (Å²) < 4.78 is 10.6. The summed E-state index contributed by atoms with van der Waals surface area (Å²) in [5.74, 6) is -2.64. The van der Waals surface area contributed by atoms with Crippen molar-refractivity contribution in [3.05, 3.63) is 24.3 Å². The van der Waals surface area contributed by atoms with Crippen molar-refractivity contribution in [3.8, 4) is 5.75 Å². The summed E-state index contributed by atoms with van der Waals surface area (Å²) in [5.41, 5.74) is 2.93. The molecule has 2 rings (SSSR count). The van der Waals surface area contributed by atoms with Crippen molar-refractivity contribution < 1.29 is 29.0 Å². The monoisotopic (exact) mass is 350 g/mol. The average Bonchev–Trinajstić information content (AvgIpc) is 2.65. The first-order valence-corrected chi connectivity index (χ1v) is 7.82. The van der Waals surface area contributed by atoms with E-state index >= 15 is 0 Å². The molecule has 1 aromatic carbocycles. The molecule has 0 saturated carbocycles. The number of ether oxygens (including phenoxy) is 2. The number of hydrogen-bond acceptors (Lipinski definition) is 6. The van der Waals surface area contributed by atoms with Crippen molar-refractivity contribution in [2.24, 2.45) is 5.73 Å². The molecular weight excluding hydrogens is 328 g/mol. The van der Waals surface area contributed by atoms with Gasteiger partial charge in [-0.25, -0.2) is 9.59 Å². The normalized spacial score (nSPS) is 17.0. The van der Waals surface area contributed by atoms with Crippen LogP contribution in [-0.4, -0.2) is 47.2 Å². The molecule has 0 bridgehead atoms. The van der Waals surface area contributed by atoms with Gasteiger partial charge in [-0.1, -0.05) is 12.1 Å². The Labute approximate surface area is 145 Å². The van der Waals surface area contributed by atoms with Crippen molar-refractivity contribution in [2.45, 2.75) is 38.3 Å². The van der Waals surface area contributed by atoms with E-state index in [2.05, 4.69) is 0 Å². The van der Waals surface area contributed by atoms with Crippen LogP contribution >= 0.6 is 0 Å². The zero-order valence-electron chi connectivity index (χ0n) is 14.4. The summed E-state index contributed by atoms with van der Waals surface area (Å²) in [7, 11) is 0. The molecule has 1 atom stereocenters. The minimum Gasteiger partial charge on any atom is -0.491 e. The molecule has 3 N–H and O–H groups in total. The van der Waals surface area contributed by atoms with Crippen molar-refractivity contribution in [1.82, 2.24) is 0 Å². The highest BCUT2D eigenvalue weighted by Crippen LogP contribution is 2.32. The second kappa shape index (κ2) is 6.72. The molecule has 1 unspecified atom stereocenters. The number of hydrogen-bond donors (Lipinski definition) is 2. The summed E-state index contributed by atoms with van der Waals surface area (Å²) in [6.45, 7) is 4.41. The molecule has 1 aliphatic heterocycles. The summed E-state index contributed by atoms with van der Waals surface area (Å²) >= 11 is 0. The van der Waals surface area contributed by atoms with E-state index in [0.29, 0.717) is 11.4 Å². The number of amides is 1. The van der Waals surface area contributed by atoms with E-state index in [0.717, 1.165) is 0 Å². The first-order valence-electron chi connectivity index (χ1n) is 7.82. The molecule has 0 saturated heterocycles. The fraction of sp³-hybridized carbons (Fsp3) is 0.471. The number of rotatable bonds is 4. The maximum absolute atomic E-state index is 12.4. The van der Waals surface area contributed by atoms with Gasteiger partial charge in [0.05, 0.1) is 25.3 Å². The molecule has 0 aromatic heterocycles. The van der Waals surface area contributed by atoms with E-state index < -0.39 is 29.6 Å². The predicted octanol–water partition coefficient (Wildman–Crippen LogP) is 0.926. The zero-order chi connectivity index (χ0) is 18.8. The zero-order valence-corrected chi connectivity index (χ0v) is 14.4. The van der Waals surface area contributed by atoms with Crippen molar-refractivity contribution in [2.75, 3.05) is 18.1 Å². The lowest BCUT2D eigenvalue weighted by Gasteiger charge is -2.32. The van der Waals surface area contributed by atoms with E-state index in [9.17, 15) is 19.5 Å². The average molecular weight is 350 g/mol. The van der Waals surface area contributed by atoms with Gasteiger partial charge < -0.3 is 25.2 Å². The van der Waals surface area contributed by atoms with E-state index in [-0.39, 0.29) is 18.9 Å². The summed E-state index contributed by atoms with van der Waals surface area (Å²) in [4.78, 5) is 37.7. The van der Waals surface area contributed by atoms with Gasteiger partial charge in [0, 0.05) is 0 Å². The molecule has 25 heavy (non-hydrogen) atoms. The molecule has 8 heteroatoms. The lowest BCUT2D eigenvalue weighted by Crippen LogP contribution is -2.64. The van der Waals surface area contributed by atoms with Crippen molar-refractivity contribution >= 4 is 23.5 Å². The predicted molar refractivity (Wildman–Crippen MR) is 89.3 cm³/mol. The topological polar surface area (TPSA) is 119 Å². The quantitative estimate of drug-likeness (QED) is 0.612. The van der Waals surface area contributed by atoms with E-state index in [1.807, 2.05) is 0 Å². The van der Waals surface area contributed by atoms with Gasteiger partial charge in [-0.2, -0.15) is 0 Å². The number of esters is 1. The molecule has 8 nitrogen and oxygen atoms in total. The highest BCUT2D eigenvalue weighted by Gasteiger charge is 2.48. The van der Waals surface area contributed by atoms with E-state index in [1.165, 1.54) is 4.90 Å². The smallest absolute Gasteiger partial charge is 0.340 e. The Balaban J connectivity index is 2.40. The van der Waals surface area contributed by atoms with Crippen LogP contribution in [0.3, 0.4) is 0 Å². The Morgan fingerprint density at radius 2 is 1.96 bits per heavy atom. The standard InChI is InChI=1S/C17H22N2O6/c1-16(2,3)25-15(23)17(18,14(21)22)10-19-11-6-4-5-7-12(11)24-9-8-13(19)20/h4-7H,8-10,18H2,1-3H3,(H,21,22). The third kappa shape index (κ3) is 4.08. The number of carbonyl (C=O) groups excluding carboxylic acids is 2. The highest BCUT2D eigenvalue weighted by molar-refractivity contribution is 6.07. The van der Waals surface area contributed by atoms with Crippen molar-refractivity contribution in [1.29, 1.82) is 0 Å². The molecule has 1 amide bonds. The first kappa shape index (κ1) is 18.7. The third-order valence-corrected chi connectivity index (χ3v) is 3.58. The van der Waals surface area contributed by atoms with Crippen LogP contribution in [0.4, 0.5) is 5.69 Å². The maximum Gasteiger partial charge on any atom is 0.340 e. The van der Waals surface area contributed by atoms with E-state index in [4.69, 9.17) is 15.2 Å². The minimum absolute atomic E-state index is 0.0404. The highest BCUT2D eigenvalue weighted by atomic mass is 16.6. The second-order valence-electron chi connectivity index (χ2n) is 6.82. The van der Waals surface area contributed by atoms with E-state index in [1.54, 1.807) is 45.0 Å². The van der Waals surface area contributed by atoms with Crippen LogP contribution in [0.1, 0.15) is 27.2 Å². The van der Waals surface area contributed by atoms with Crippen LogP contribution in [0.2, 0.25) is 0 Å². The lowest BCUT2D eigenvalue weighted by atomic mass is 9.99. The number of carbonyl (C=O) groups is 3. The Hall–Kier alpha value is -2.61. The van der Waals surface area contributed by atoms with Gasteiger partial charge in [0.25, 0.3) is 0 Å². The minimum atomic E-state index is -2.40. The largest absolute Gasteiger partial charge is 0.491 e. The van der Waals surface area contributed by atoms with Crippen LogP contribution in [0.25, 0.3) is 0 Å². The first-order chi connectivity index (χ1) is 11.5. The van der Waals surface area contributed by atoms with Crippen molar-refractivity contribution in [3.63, 3.8) is 0 Å². The maximum atomic E-state index is 12.4. The molecule has 1 aromatic rings. The Morgan fingerprint density at radius 1 is 1.32 bits per heavy atom. The molecule has 0 spiro atoms. The lowest BCUT2D eigenvalue weighted by molar-refractivity contribution is -0.168. The Kier molecular flexibility index (Phi) is 5.03. The van der Waals surface area contributed by atoms with Gasteiger partial charge in [-0.3, -0.25) is 4.79 Å². The fourth-order valence-electron chi connectivity index (χ4n) is 2.33. The summed E-state index contributed by atoms with van der Waals surface area (Å²) in [6.07, 6.45) is 0.0404. The van der Waals surface area contributed by atoms with Crippen LogP contribution < -0.4 is 15.4 Å². The number of nitrogens with zero attached hydrogens (tertiary/aromatic N) is 1. The van der Waals surface area contributed by atoms with Crippen LogP contribution in [0, 0.1) is 0 Å². The van der Waals surface area contributed by atoms with Crippen LogP contribution in [0.15, 0.2) is 24.3 Å². The second-order valence-corrected chi connectivity index (χ2v) is 6.82. The molecular formula is C17H22N2O6. The number of fused-ring (bicyclic) bond motifs is 1. The Morgan fingerprint density at radius 3 is 2.56 bits per heavy atom. The number of benzene rings is 1. The fourth-order valence-corrected chi connectivity index (χ4v) is 2.33. The number of carboxylic acid groups (broad SMARTS) is 1. The molecule has 0 fully saturated rings.